The predicted octanol–water partition coefficient (Wildman–Crippen LogP) is 3.36. The number of hydrogen-bond acceptors (Lipinski definition) is 3. The van der Waals surface area contributed by atoms with Crippen molar-refractivity contribution in [1.29, 1.82) is 0 Å². The molecule has 1 aromatic heterocycles. The highest BCUT2D eigenvalue weighted by Gasteiger charge is 2.16. The molecule has 1 unspecified atom stereocenters. The minimum atomic E-state index is -0.121. The van der Waals surface area contributed by atoms with Crippen LogP contribution in [0.2, 0.25) is 5.02 Å². The average Bonchev–Trinajstić information content (AvgIpc) is 2.33. The summed E-state index contributed by atoms with van der Waals surface area (Å²) in [6.07, 6.45) is 3.62. The topological polar surface area (TPSA) is 50.9 Å². The first kappa shape index (κ1) is 13.5. The zero-order valence-electron chi connectivity index (χ0n) is 9.82. The third-order valence-electron chi connectivity index (χ3n) is 2.67. The van der Waals surface area contributed by atoms with Gasteiger partial charge in [0.25, 0.3) is 0 Å². The molecule has 3 N–H and O–H groups in total. The lowest BCUT2D eigenvalue weighted by atomic mass is 10.00. The minimum absolute atomic E-state index is 0.121. The number of hydrogen-bond donors (Lipinski definition) is 2. The monoisotopic (exact) mass is 325 g/mol. The van der Waals surface area contributed by atoms with E-state index in [-0.39, 0.29) is 6.04 Å². The van der Waals surface area contributed by atoms with Crippen LogP contribution in [0.1, 0.15) is 22.7 Å². The second-order valence-electron chi connectivity index (χ2n) is 4.06. The van der Waals surface area contributed by atoms with E-state index < -0.39 is 0 Å². The van der Waals surface area contributed by atoms with Gasteiger partial charge in [0.05, 0.1) is 6.04 Å². The first-order valence-corrected chi connectivity index (χ1v) is 6.61. The van der Waals surface area contributed by atoms with Gasteiger partial charge in [-0.05, 0) is 35.7 Å². The van der Waals surface area contributed by atoms with E-state index in [9.17, 15) is 0 Å². The van der Waals surface area contributed by atoms with E-state index >= 15 is 0 Å². The molecule has 1 atom stereocenters. The Morgan fingerprint density at radius 3 is 2.72 bits per heavy atom. The molecular weight excluding hydrogens is 314 g/mol. The van der Waals surface area contributed by atoms with Crippen LogP contribution < -0.4 is 11.3 Å². The molecule has 0 bridgehead atoms. The highest BCUT2D eigenvalue weighted by Crippen LogP contribution is 2.30. The molecule has 0 aliphatic heterocycles. The summed E-state index contributed by atoms with van der Waals surface area (Å²) in [6, 6.07) is 7.57. The van der Waals surface area contributed by atoms with Crippen LogP contribution in [-0.2, 0) is 0 Å². The molecule has 0 spiro atoms. The van der Waals surface area contributed by atoms with Crippen LogP contribution in [0.4, 0.5) is 0 Å². The quantitative estimate of drug-likeness (QED) is 0.672. The Labute approximate surface area is 119 Å². The van der Waals surface area contributed by atoms with Crippen molar-refractivity contribution in [2.24, 2.45) is 5.84 Å². The molecule has 3 nitrogen and oxygen atoms in total. The predicted molar refractivity (Wildman–Crippen MR) is 77.3 cm³/mol. The van der Waals surface area contributed by atoms with E-state index in [0.29, 0.717) is 5.02 Å². The normalized spacial score (nSPS) is 12.4. The van der Waals surface area contributed by atoms with Gasteiger partial charge in [0.1, 0.15) is 0 Å². The molecule has 5 heteroatoms. The Hall–Kier alpha value is -0.940. The van der Waals surface area contributed by atoms with Gasteiger partial charge in [0, 0.05) is 21.9 Å². The molecule has 2 aromatic rings. The maximum Gasteiger partial charge on any atom is 0.0735 e. The summed E-state index contributed by atoms with van der Waals surface area (Å²) in [6.45, 7) is 2.00. The van der Waals surface area contributed by atoms with E-state index in [1.807, 2.05) is 31.3 Å². The first-order valence-electron chi connectivity index (χ1n) is 5.44. The van der Waals surface area contributed by atoms with Gasteiger partial charge in [0.2, 0.25) is 0 Å². The summed E-state index contributed by atoms with van der Waals surface area (Å²) < 4.78 is 0.916. The van der Waals surface area contributed by atoms with Crippen LogP contribution >= 0.6 is 27.5 Å². The van der Waals surface area contributed by atoms with Gasteiger partial charge in [-0.1, -0.05) is 39.7 Å². The van der Waals surface area contributed by atoms with Gasteiger partial charge < -0.3 is 0 Å². The fraction of sp³-hybridized carbons (Fsp3) is 0.154. The number of pyridine rings is 1. The van der Waals surface area contributed by atoms with Gasteiger partial charge in [0.15, 0.2) is 0 Å². The summed E-state index contributed by atoms with van der Waals surface area (Å²) in [5, 5.41) is 0.684. The van der Waals surface area contributed by atoms with E-state index in [0.717, 1.165) is 21.2 Å². The Balaban J connectivity index is 2.45. The van der Waals surface area contributed by atoms with Crippen LogP contribution in [0, 0.1) is 6.92 Å². The summed E-state index contributed by atoms with van der Waals surface area (Å²) in [5.74, 6) is 5.66. The van der Waals surface area contributed by atoms with Crippen molar-refractivity contribution in [1.82, 2.24) is 10.4 Å². The van der Waals surface area contributed by atoms with Crippen molar-refractivity contribution in [2.45, 2.75) is 13.0 Å². The Morgan fingerprint density at radius 2 is 2.11 bits per heavy atom. The van der Waals surface area contributed by atoms with Crippen LogP contribution in [-0.4, -0.2) is 4.98 Å². The van der Waals surface area contributed by atoms with Gasteiger partial charge in [-0.3, -0.25) is 10.8 Å². The number of nitrogens with one attached hydrogen (secondary N) is 1. The van der Waals surface area contributed by atoms with Crippen molar-refractivity contribution >= 4 is 27.5 Å². The number of hydrazine groups is 1. The molecule has 1 heterocycles. The Morgan fingerprint density at radius 1 is 1.33 bits per heavy atom. The molecule has 2 rings (SSSR count). The highest BCUT2D eigenvalue weighted by atomic mass is 79.9. The molecule has 0 amide bonds. The van der Waals surface area contributed by atoms with Crippen molar-refractivity contribution in [3.05, 3.63) is 62.8 Å². The van der Waals surface area contributed by atoms with Crippen molar-refractivity contribution < 1.29 is 0 Å². The van der Waals surface area contributed by atoms with E-state index in [2.05, 4.69) is 32.4 Å². The number of rotatable bonds is 3. The molecule has 18 heavy (non-hydrogen) atoms. The lowest BCUT2D eigenvalue weighted by Crippen LogP contribution is -2.29. The van der Waals surface area contributed by atoms with E-state index in [4.69, 9.17) is 17.4 Å². The number of aryl methyl sites for hydroxylation is 1. The molecular formula is C13H13BrClN3. The molecule has 0 aliphatic carbocycles. The third kappa shape index (κ3) is 2.90. The lowest BCUT2D eigenvalue weighted by Gasteiger charge is -2.18. The zero-order chi connectivity index (χ0) is 13.1. The number of benzene rings is 1. The van der Waals surface area contributed by atoms with E-state index in [1.54, 1.807) is 6.20 Å². The fourth-order valence-corrected chi connectivity index (χ4v) is 2.75. The SMILES string of the molecule is Cc1cncc(C(NN)c2ccc(Cl)cc2Br)c1. The summed E-state index contributed by atoms with van der Waals surface area (Å²) in [7, 11) is 0. The van der Waals surface area contributed by atoms with Crippen LogP contribution in [0.5, 0.6) is 0 Å². The van der Waals surface area contributed by atoms with Crippen molar-refractivity contribution in [3.63, 3.8) is 0 Å². The molecule has 94 valence electrons. The maximum absolute atomic E-state index is 5.94. The number of aromatic nitrogens is 1. The van der Waals surface area contributed by atoms with E-state index in [1.165, 1.54) is 0 Å². The van der Waals surface area contributed by atoms with Gasteiger partial charge in [-0.2, -0.15) is 0 Å². The molecule has 0 aliphatic rings. The molecule has 1 aromatic carbocycles. The van der Waals surface area contributed by atoms with Gasteiger partial charge >= 0.3 is 0 Å². The minimum Gasteiger partial charge on any atom is -0.271 e. The number of nitrogens with two attached hydrogens (primary N) is 1. The lowest BCUT2D eigenvalue weighted by molar-refractivity contribution is 0.632. The smallest absolute Gasteiger partial charge is 0.0735 e. The molecule has 0 radical (unpaired) electrons. The fourth-order valence-electron chi connectivity index (χ4n) is 1.84. The second kappa shape index (κ2) is 5.80. The van der Waals surface area contributed by atoms with Crippen molar-refractivity contribution in [3.8, 4) is 0 Å². The first-order chi connectivity index (χ1) is 8.61. The largest absolute Gasteiger partial charge is 0.271 e. The van der Waals surface area contributed by atoms with Gasteiger partial charge in [-0.15, -0.1) is 0 Å². The maximum atomic E-state index is 5.94. The second-order valence-corrected chi connectivity index (χ2v) is 5.35. The Kier molecular flexibility index (Phi) is 4.35. The Bertz CT molecular complexity index is 560. The van der Waals surface area contributed by atoms with Crippen LogP contribution in [0.3, 0.4) is 0 Å². The summed E-state index contributed by atoms with van der Waals surface area (Å²) >= 11 is 9.45. The molecule has 0 saturated carbocycles. The van der Waals surface area contributed by atoms with Crippen molar-refractivity contribution in [2.75, 3.05) is 0 Å². The summed E-state index contributed by atoms with van der Waals surface area (Å²) in [4.78, 5) is 4.19. The highest BCUT2D eigenvalue weighted by molar-refractivity contribution is 9.10. The van der Waals surface area contributed by atoms with Crippen LogP contribution in [0.25, 0.3) is 0 Å². The summed E-state index contributed by atoms with van der Waals surface area (Å²) in [5.41, 5.74) is 5.94. The van der Waals surface area contributed by atoms with Gasteiger partial charge in [-0.25, -0.2) is 5.43 Å². The standard InChI is InChI=1S/C13H13BrClN3/c1-8-4-9(7-17-6-8)13(18-16)11-3-2-10(15)5-12(11)14/h2-7,13,18H,16H2,1H3. The molecule has 0 saturated heterocycles. The van der Waals surface area contributed by atoms with Crippen LogP contribution in [0.15, 0.2) is 41.1 Å². The zero-order valence-corrected chi connectivity index (χ0v) is 12.2. The molecule has 0 fully saturated rings. The average molecular weight is 327 g/mol. The number of halogens is 2. The number of nitrogens with zero attached hydrogens (tertiary/aromatic N) is 1. The third-order valence-corrected chi connectivity index (χ3v) is 3.59.